The maximum absolute atomic E-state index is 12.5. The van der Waals surface area contributed by atoms with Crippen LogP contribution in [-0.2, 0) is 6.54 Å². The fourth-order valence-electron chi connectivity index (χ4n) is 2.71. The van der Waals surface area contributed by atoms with Gasteiger partial charge in [-0.05, 0) is 31.7 Å². The van der Waals surface area contributed by atoms with Gasteiger partial charge in [-0.15, -0.1) is 0 Å². The van der Waals surface area contributed by atoms with Gasteiger partial charge in [0.05, 0.1) is 13.3 Å². The Balaban J connectivity index is 2.71. The average Bonchev–Trinajstić information content (AvgIpc) is 2.88. The van der Waals surface area contributed by atoms with E-state index in [9.17, 15) is 4.79 Å². The number of hydrogen-bond donors (Lipinski definition) is 1. The van der Waals surface area contributed by atoms with E-state index in [0.29, 0.717) is 30.3 Å². The van der Waals surface area contributed by atoms with Gasteiger partial charge in [0.15, 0.2) is 11.5 Å². The SMILES string of the molecule is CCCC(CCN)CCC(=O)c1c(OC)cnn1CCC. The lowest BCUT2D eigenvalue weighted by atomic mass is 9.93. The van der Waals surface area contributed by atoms with Crippen LogP contribution in [-0.4, -0.2) is 29.2 Å². The van der Waals surface area contributed by atoms with Crippen molar-refractivity contribution in [2.45, 2.75) is 58.9 Å². The molecule has 0 spiro atoms. The lowest BCUT2D eigenvalue weighted by Crippen LogP contribution is -2.14. The van der Waals surface area contributed by atoms with Gasteiger partial charge >= 0.3 is 0 Å². The fraction of sp³-hybridized carbons (Fsp3) is 0.750. The maximum atomic E-state index is 12.5. The Kier molecular flexibility index (Phi) is 8.05. The lowest BCUT2D eigenvalue weighted by molar-refractivity contribution is 0.0958. The second-order valence-electron chi connectivity index (χ2n) is 5.48. The molecule has 0 bridgehead atoms. The predicted octanol–water partition coefficient (Wildman–Crippen LogP) is 3.03. The highest BCUT2D eigenvalue weighted by atomic mass is 16.5. The molecule has 1 unspecified atom stereocenters. The van der Waals surface area contributed by atoms with Crippen LogP contribution in [0.25, 0.3) is 0 Å². The van der Waals surface area contributed by atoms with E-state index in [1.807, 2.05) is 0 Å². The van der Waals surface area contributed by atoms with Crippen LogP contribution >= 0.6 is 0 Å². The summed E-state index contributed by atoms with van der Waals surface area (Å²) in [5, 5.41) is 4.25. The molecule has 2 N–H and O–H groups in total. The summed E-state index contributed by atoms with van der Waals surface area (Å²) in [7, 11) is 1.58. The second kappa shape index (κ2) is 9.55. The molecular formula is C16H29N3O2. The van der Waals surface area contributed by atoms with Gasteiger partial charge in [0.25, 0.3) is 0 Å². The number of aromatic nitrogens is 2. The summed E-state index contributed by atoms with van der Waals surface area (Å²) in [5.74, 6) is 1.24. The zero-order chi connectivity index (χ0) is 15.7. The molecule has 1 heterocycles. The molecule has 5 heteroatoms. The van der Waals surface area contributed by atoms with Crippen LogP contribution in [0.3, 0.4) is 0 Å². The normalized spacial score (nSPS) is 12.4. The molecule has 0 saturated heterocycles. The summed E-state index contributed by atoms with van der Waals surface area (Å²) >= 11 is 0. The van der Waals surface area contributed by atoms with Gasteiger partial charge in [-0.1, -0.05) is 26.7 Å². The molecule has 0 amide bonds. The number of nitrogens with zero attached hydrogens (tertiary/aromatic N) is 2. The number of rotatable bonds is 11. The zero-order valence-electron chi connectivity index (χ0n) is 13.6. The van der Waals surface area contributed by atoms with E-state index in [2.05, 4.69) is 18.9 Å². The summed E-state index contributed by atoms with van der Waals surface area (Å²) in [5.41, 5.74) is 6.26. The summed E-state index contributed by atoms with van der Waals surface area (Å²) in [4.78, 5) is 12.5. The number of carbonyl (C=O) groups is 1. The van der Waals surface area contributed by atoms with Gasteiger partial charge in [0.1, 0.15) is 5.69 Å². The molecule has 5 nitrogen and oxygen atoms in total. The Hall–Kier alpha value is -1.36. The van der Waals surface area contributed by atoms with Gasteiger partial charge in [-0.3, -0.25) is 9.48 Å². The molecular weight excluding hydrogens is 266 g/mol. The van der Waals surface area contributed by atoms with Crippen molar-refractivity contribution in [1.82, 2.24) is 9.78 Å². The molecule has 0 aromatic carbocycles. The smallest absolute Gasteiger partial charge is 0.184 e. The first kappa shape index (κ1) is 17.7. The first-order valence-corrected chi connectivity index (χ1v) is 8.00. The van der Waals surface area contributed by atoms with Crippen molar-refractivity contribution in [2.75, 3.05) is 13.7 Å². The first-order valence-electron chi connectivity index (χ1n) is 8.00. The molecule has 1 rings (SSSR count). The third-order valence-corrected chi connectivity index (χ3v) is 3.78. The van der Waals surface area contributed by atoms with Gasteiger partial charge in [0.2, 0.25) is 0 Å². The summed E-state index contributed by atoms with van der Waals surface area (Å²) in [6.07, 6.45) is 7.27. The number of Topliss-reactive ketones (excluding diaryl/α,β-unsaturated/α-hetero) is 1. The Bertz CT molecular complexity index is 423. The lowest BCUT2D eigenvalue weighted by Gasteiger charge is -2.15. The third kappa shape index (κ3) is 5.16. The highest BCUT2D eigenvalue weighted by molar-refractivity contribution is 5.97. The standard InChI is InChI=1S/C16H29N3O2/c1-4-6-13(9-10-17)7-8-14(20)16-15(21-3)12-18-19(16)11-5-2/h12-13H,4-11,17H2,1-3H3. The van der Waals surface area contributed by atoms with Crippen molar-refractivity contribution in [2.24, 2.45) is 11.7 Å². The van der Waals surface area contributed by atoms with Crippen molar-refractivity contribution < 1.29 is 9.53 Å². The molecule has 0 radical (unpaired) electrons. The number of ether oxygens (including phenoxy) is 1. The van der Waals surface area contributed by atoms with Crippen molar-refractivity contribution in [3.05, 3.63) is 11.9 Å². The van der Waals surface area contributed by atoms with E-state index in [0.717, 1.165) is 38.6 Å². The van der Waals surface area contributed by atoms with Gasteiger partial charge in [-0.25, -0.2) is 0 Å². The topological polar surface area (TPSA) is 70.1 Å². The number of hydrogen-bond acceptors (Lipinski definition) is 4. The molecule has 1 aromatic rings. The summed E-state index contributed by atoms with van der Waals surface area (Å²) in [6.45, 7) is 5.67. The van der Waals surface area contributed by atoms with E-state index in [4.69, 9.17) is 10.5 Å². The molecule has 1 aromatic heterocycles. The monoisotopic (exact) mass is 295 g/mol. The van der Waals surface area contributed by atoms with E-state index in [1.54, 1.807) is 18.0 Å². The number of aryl methyl sites for hydroxylation is 1. The van der Waals surface area contributed by atoms with E-state index >= 15 is 0 Å². The van der Waals surface area contributed by atoms with Crippen LogP contribution < -0.4 is 10.5 Å². The average molecular weight is 295 g/mol. The zero-order valence-corrected chi connectivity index (χ0v) is 13.6. The summed E-state index contributed by atoms with van der Waals surface area (Å²) < 4.78 is 7.03. The van der Waals surface area contributed by atoms with Crippen LogP contribution in [0.1, 0.15) is 62.9 Å². The highest BCUT2D eigenvalue weighted by Crippen LogP contribution is 2.23. The number of methoxy groups -OCH3 is 1. The van der Waals surface area contributed by atoms with Crippen LogP contribution in [0.15, 0.2) is 6.20 Å². The molecule has 21 heavy (non-hydrogen) atoms. The van der Waals surface area contributed by atoms with Crippen LogP contribution in [0, 0.1) is 5.92 Å². The Labute approximate surface area is 127 Å². The molecule has 1 atom stereocenters. The van der Waals surface area contributed by atoms with Crippen LogP contribution in [0.4, 0.5) is 0 Å². The minimum absolute atomic E-state index is 0.121. The number of ketones is 1. The first-order chi connectivity index (χ1) is 10.2. The minimum Gasteiger partial charge on any atom is -0.493 e. The van der Waals surface area contributed by atoms with Crippen LogP contribution in [0.5, 0.6) is 5.75 Å². The largest absolute Gasteiger partial charge is 0.493 e. The van der Waals surface area contributed by atoms with Gasteiger partial charge < -0.3 is 10.5 Å². The maximum Gasteiger partial charge on any atom is 0.184 e. The molecule has 0 fully saturated rings. The van der Waals surface area contributed by atoms with Crippen molar-refractivity contribution in [1.29, 1.82) is 0 Å². The van der Waals surface area contributed by atoms with Crippen LogP contribution in [0.2, 0.25) is 0 Å². The minimum atomic E-state index is 0.121. The predicted molar refractivity (Wildman–Crippen MR) is 84.7 cm³/mol. The Morgan fingerprint density at radius 2 is 2.10 bits per heavy atom. The highest BCUT2D eigenvalue weighted by Gasteiger charge is 2.20. The quantitative estimate of drug-likeness (QED) is 0.637. The fourth-order valence-corrected chi connectivity index (χ4v) is 2.71. The summed E-state index contributed by atoms with van der Waals surface area (Å²) in [6, 6.07) is 0. The molecule has 120 valence electrons. The van der Waals surface area contributed by atoms with Crippen molar-refractivity contribution in [3.63, 3.8) is 0 Å². The Morgan fingerprint density at radius 1 is 1.33 bits per heavy atom. The van der Waals surface area contributed by atoms with Crippen molar-refractivity contribution >= 4 is 5.78 Å². The van der Waals surface area contributed by atoms with Gasteiger partial charge in [0, 0.05) is 13.0 Å². The molecule has 0 saturated carbocycles. The van der Waals surface area contributed by atoms with Gasteiger partial charge in [-0.2, -0.15) is 5.10 Å². The van der Waals surface area contributed by atoms with Crippen molar-refractivity contribution in [3.8, 4) is 5.75 Å². The van der Waals surface area contributed by atoms with E-state index in [-0.39, 0.29) is 5.78 Å². The second-order valence-corrected chi connectivity index (χ2v) is 5.48. The molecule has 0 aliphatic heterocycles. The number of carbonyl (C=O) groups excluding carboxylic acids is 1. The molecule has 0 aliphatic carbocycles. The molecule has 0 aliphatic rings. The number of nitrogens with two attached hydrogens (primary N) is 1. The van der Waals surface area contributed by atoms with E-state index in [1.165, 1.54) is 0 Å². The third-order valence-electron chi connectivity index (χ3n) is 3.78. The van der Waals surface area contributed by atoms with E-state index < -0.39 is 0 Å². The Morgan fingerprint density at radius 3 is 2.67 bits per heavy atom.